The molecule has 4 aliphatic carbocycles. The van der Waals surface area contributed by atoms with Gasteiger partial charge in [-0.15, -0.1) is 10.2 Å². The summed E-state index contributed by atoms with van der Waals surface area (Å²) in [4.78, 5) is 61.9. The summed E-state index contributed by atoms with van der Waals surface area (Å²) in [5.74, 6) is 1.79. The molecule has 16 nitrogen and oxygen atoms in total. The van der Waals surface area contributed by atoms with Crippen LogP contribution in [0.1, 0.15) is 99.2 Å². The van der Waals surface area contributed by atoms with Crippen LogP contribution < -0.4 is 19.7 Å². The maximum Gasteiger partial charge on any atom is 0.359 e. The Morgan fingerprint density at radius 3 is 2.04 bits per heavy atom. The van der Waals surface area contributed by atoms with E-state index in [2.05, 4.69) is 46.7 Å². The summed E-state index contributed by atoms with van der Waals surface area (Å²) in [6, 6.07) is 39.4. The first-order chi connectivity index (χ1) is 37.5. The number of amides is 3. The van der Waals surface area contributed by atoms with Crippen molar-refractivity contribution in [3.8, 4) is 45.5 Å². The number of ether oxygens (including phenoxy) is 3. The lowest BCUT2D eigenvalue weighted by molar-refractivity contribution is -0.0590. The zero-order valence-electron chi connectivity index (χ0n) is 43.7. The van der Waals surface area contributed by atoms with Gasteiger partial charge in [-0.25, -0.2) is 14.4 Å². The average Bonchev–Trinajstić information content (AvgIpc) is 2.14. The summed E-state index contributed by atoms with van der Waals surface area (Å²) in [6.45, 7) is 9.47. The molecule has 5 aliphatic rings. The third-order valence-corrected chi connectivity index (χ3v) is 17.0. The number of piperidine rings is 1. The highest BCUT2D eigenvalue weighted by Gasteiger charge is 2.75. The lowest BCUT2D eigenvalue weighted by Gasteiger charge is -2.77. The average molecular weight is 1030 g/mol. The van der Waals surface area contributed by atoms with E-state index in [1.54, 1.807) is 36.4 Å². The summed E-state index contributed by atoms with van der Waals surface area (Å²) in [5, 5.41) is 21.2. The van der Waals surface area contributed by atoms with Gasteiger partial charge in [-0.2, -0.15) is 9.36 Å². The largest absolute Gasteiger partial charge is 0.461 e. The summed E-state index contributed by atoms with van der Waals surface area (Å²) in [7, 11) is 0. The van der Waals surface area contributed by atoms with Gasteiger partial charge in [0, 0.05) is 42.4 Å². The van der Waals surface area contributed by atoms with Crippen molar-refractivity contribution in [2.45, 2.75) is 90.6 Å². The Kier molecular flexibility index (Phi) is 12.8. The fraction of sp³-hybridized carbons (Fsp3) is 0.344. The molecule has 1 aliphatic heterocycles. The predicted octanol–water partition coefficient (Wildman–Crippen LogP) is 11.8. The van der Waals surface area contributed by atoms with Crippen LogP contribution in [0.2, 0.25) is 0 Å². The van der Waals surface area contributed by atoms with Gasteiger partial charge in [0.1, 0.15) is 34.4 Å². The van der Waals surface area contributed by atoms with Crippen LogP contribution in [0, 0.1) is 23.2 Å². The number of para-hydroxylation sites is 4. The zero-order chi connectivity index (χ0) is 53.0. The molecule has 2 unspecified atom stereocenters. The molecule has 2 saturated carbocycles. The van der Waals surface area contributed by atoms with E-state index in [1.807, 2.05) is 109 Å². The summed E-state index contributed by atoms with van der Waals surface area (Å²) < 4.78 is 21.1. The zero-order valence-corrected chi connectivity index (χ0v) is 43.7. The predicted molar refractivity (Wildman–Crippen MR) is 289 cm³/mol. The number of fused-ring (bicyclic) bond motifs is 1. The number of hydrogen-bond donors (Lipinski definition) is 1. The van der Waals surface area contributed by atoms with Gasteiger partial charge in [0.05, 0.1) is 12.1 Å². The van der Waals surface area contributed by atoms with Crippen molar-refractivity contribution in [1.82, 2.24) is 40.2 Å². The van der Waals surface area contributed by atoms with Crippen LogP contribution in [0.15, 0.2) is 145 Å². The monoisotopic (exact) mass is 1030 g/mol. The number of carbonyl (C=O) groups excluding carboxylic acids is 4. The van der Waals surface area contributed by atoms with Gasteiger partial charge in [-0.1, -0.05) is 122 Å². The fourth-order valence-corrected chi connectivity index (χ4v) is 13.2. The first-order valence-electron chi connectivity index (χ1n) is 27.0. The number of nitrogens with one attached hydrogen (secondary N) is 1. The number of anilines is 1. The van der Waals surface area contributed by atoms with E-state index in [-0.39, 0.29) is 71.7 Å². The Morgan fingerprint density at radius 2 is 1.34 bits per heavy atom. The number of hydrogen-bond acceptors (Lipinski definition) is 11. The van der Waals surface area contributed by atoms with Gasteiger partial charge in [0.15, 0.2) is 11.4 Å². The molecule has 0 bridgehead atoms. The fourth-order valence-electron chi connectivity index (χ4n) is 13.2. The van der Waals surface area contributed by atoms with Crippen molar-refractivity contribution in [3.05, 3.63) is 162 Å². The molecular formula is C61H61N9O7. The van der Waals surface area contributed by atoms with Crippen molar-refractivity contribution < 1.29 is 33.4 Å². The third-order valence-electron chi connectivity index (χ3n) is 17.0. The van der Waals surface area contributed by atoms with E-state index < -0.39 is 17.5 Å². The second kappa shape index (κ2) is 19.9. The van der Waals surface area contributed by atoms with Gasteiger partial charge in [-0.05, 0) is 134 Å². The van der Waals surface area contributed by atoms with E-state index in [0.717, 1.165) is 48.8 Å². The Labute approximate surface area is 447 Å². The topological polar surface area (TPSA) is 176 Å². The lowest BCUT2D eigenvalue weighted by atomic mass is 9.29. The Hall–Kier alpha value is -8.40. The van der Waals surface area contributed by atoms with E-state index in [4.69, 9.17) is 14.2 Å². The molecule has 12 rings (SSSR count). The van der Waals surface area contributed by atoms with Crippen LogP contribution in [0.4, 0.5) is 15.3 Å². The Balaban J connectivity index is 0.806. The van der Waals surface area contributed by atoms with E-state index >= 15 is 0 Å². The normalized spacial score (nSPS) is 21.5. The molecule has 3 heterocycles. The van der Waals surface area contributed by atoms with Crippen LogP contribution in [0.25, 0.3) is 22.5 Å². The summed E-state index contributed by atoms with van der Waals surface area (Å²) in [6.07, 6.45) is 7.34. The molecule has 0 radical (unpaired) electrons. The Bertz CT molecular complexity index is 3460. The molecule has 1 saturated heterocycles. The van der Waals surface area contributed by atoms with Gasteiger partial charge in [0.25, 0.3) is 5.91 Å². The number of benzene rings is 5. The third kappa shape index (κ3) is 8.54. The minimum Gasteiger partial charge on any atom is -0.461 e. The summed E-state index contributed by atoms with van der Waals surface area (Å²) >= 11 is 0. The van der Waals surface area contributed by atoms with E-state index in [9.17, 15) is 19.2 Å². The minimum absolute atomic E-state index is 0.0685. The van der Waals surface area contributed by atoms with E-state index in [0.29, 0.717) is 58.2 Å². The van der Waals surface area contributed by atoms with Crippen LogP contribution in [-0.2, 0) is 11.2 Å². The first kappa shape index (κ1) is 49.5. The van der Waals surface area contributed by atoms with Crippen molar-refractivity contribution >= 4 is 29.6 Å². The van der Waals surface area contributed by atoms with Crippen molar-refractivity contribution in [3.63, 3.8) is 0 Å². The van der Waals surface area contributed by atoms with Gasteiger partial charge >= 0.3 is 18.0 Å². The first-order valence-corrected chi connectivity index (χ1v) is 27.0. The number of aromatic nitrogens is 6. The molecule has 2 aromatic heterocycles. The second-order valence-electron chi connectivity index (χ2n) is 21.5. The molecule has 5 aromatic carbocycles. The summed E-state index contributed by atoms with van der Waals surface area (Å²) in [5.41, 5.74) is 5.12. The highest BCUT2D eigenvalue weighted by molar-refractivity contribution is 6.04. The van der Waals surface area contributed by atoms with Gasteiger partial charge in [-0.3, -0.25) is 9.69 Å². The molecule has 392 valence electrons. The molecule has 77 heavy (non-hydrogen) atoms. The second-order valence-corrected chi connectivity index (χ2v) is 21.5. The van der Waals surface area contributed by atoms with Crippen molar-refractivity contribution in [2.75, 3.05) is 24.6 Å². The van der Waals surface area contributed by atoms with Gasteiger partial charge < -0.3 is 24.4 Å². The highest BCUT2D eigenvalue weighted by atomic mass is 16.5. The van der Waals surface area contributed by atoms with Crippen molar-refractivity contribution in [2.24, 2.45) is 23.2 Å². The van der Waals surface area contributed by atoms with Gasteiger partial charge in [0.2, 0.25) is 0 Å². The molecule has 0 spiro atoms. The standard InChI is InChI=1S/C61H61N9O7/c1-5-67(41-23-8-6-9-24-41)58(73)70-55(53(64-66-70)45-29-14-16-31-48(45)76-42-25-10-7-11-26-42)57(72)75-35-33-39-20-18-27-43(36-39)77-49-32-17-13-28-44(49)52-54(56(71)62-61-37-46-51(61)50(38(61)2)60(46,3)4)69(65-63-52)59(74)68-34-19-22-40-21-12-15-30-47(40)68/h6-11,13-14,16-18,20,23-29,31-32,36,38,40,47,50H,5,12,15,19,21-22,30,33-35,37H2,1-4H3,(H,62,71)/t38-,40?,47?,50-,61+/m0/s1. The van der Waals surface area contributed by atoms with Crippen LogP contribution >= 0.6 is 0 Å². The Morgan fingerprint density at radius 1 is 0.714 bits per heavy atom. The molecule has 16 heteroatoms. The molecule has 1 N–H and O–H groups in total. The smallest absolute Gasteiger partial charge is 0.359 e. The number of carbonyl (C=O) groups is 4. The highest BCUT2D eigenvalue weighted by Crippen LogP contribution is 2.77. The maximum atomic E-state index is 15.0. The van der Waals surface area contributed by atoms with E-state index in [1.165, 1.54) is 27.1 Å². The maximum absolute atomic E-state index is 15.0. The van der Waals surface area contributed by atoms with Crippen LogP contribution in [-0.4, -0.2) is 90.1 Å². The molecular weight excluding hydrogens is 971 g/mol. The SMILES string of the molecule is CCN(C(=O)n1nnc(-c2ccccc2Oc2ccccc2)c1C(=O)OCCc1cccc(Oc2ccccc2-c2nnn(C(=O)N3CCCC4CCCCC43)c2C(=O)N[C@@]23CC4=C2[C@H]([C@@H]3C)C4(C)C)c1)c1ccccc1. The quantitative estimate of drug-likeness (QED) is 0.0810. The minimum atomic E-state index is -0.805. The number of rotatable bonds is 14. The number of nitrogens with zero attached hydrogens (tertiary/aromatic N) is 8. The molecule has 7 aromatic rings. The van der Waals surface area contributed by atoms with Crippen LogP contribution in [0.5, 0.6) is 23.0 Å². The molecule has 3 fully saturated rings. The number of likely N-dealkylation sites (tertiary alicyclic amines) is 1. The molecule has 3 amide bonds. The number of esters is 1. The molecule has 5 atom stereocenters. The lowest BCUT2D eigenvalue weighted by Crippen LogP contribution is -2.79. The van der Waals surface area contributed by atoms with Crippen LogP contribution in [0.3, 0.4) is 0 Å². The van der Waals surface area contributed by atoms with Crippen molar-refractivity contribution in [1.29, 1.82) is 0 Å².